The van der Waals surface area contributed by atoms with E-state index < -0.39 is 0 Å². The molecule has 2 N–H and O–H groups in total. The molecule has 74 valence electrons. The van der Waals surface area contributed by atoms with E-state index in [1.54, 1.807) is 7.05 Å². The summed E-state index contributed by atoms with van der Waals surface area (Å²) in [7, 11) is 1.71. The Bertz CT molecular complexity index is 347. The van der Waals surface area contributed by atoms with Gasteiger partial charge in [-0.1, -0.05) is 24.8 Å². The van der Waals surface area contributed by atoms with E-state index in [2.05, 4.69) is 6.58 Å². The summed E-state index contributed by atoms with van der Waals surface area (Å²) in [5.74, 6) is -0.133. The van der Waals surface area contributed by atoms with Gasteiger partial charge < -0.3 is 10.6 Å². The Kier molecular flexibility index (Phi) is 3.42. The van der Waals surface area contributed by atoms with Gasteiger partial charge in [-0.3, -0.25) is 4.79 Å². The van der Waals surface area contributed by atoms with Crippen LogP contribution in [0.2, 0.25) is 0 Å². The molecule has 1 amide bonds. The number of likely N-dealkylation sites (N-methyl/N-ethyl adjacent to an activating group) is 1. The predicted molar refractivity (Wildman–Crippen MR) is 57.9 cm³/mol. The van der Waals surface area contributed by atoms with Crippen molar-refractivity contribution < 1.29 is 4.79 Å². The Morgan fingerprint density at radius 2 is 2.21 bits per heavy atom. The van der Waals surface area contributed by atoms with Crippen LogP contribution in [0.4, 0.5) is 5.69 Å². The second kappa shape index (κ2) is 4.58. The number of nitrogens with two attached hydrogens (primary N) is 1. The Balaban J connectivity index is 3.05. The number of para-hydroxylation sites is 1. The average molecular weight is 190 g/mol. The fourth-order valence-electron chi connectivity index (χ4n) is 1.27. The zero-order valence-electron chi connectivity index (χ0n) is 8.23. The highest BCUT2D eigenvalue weighted by Gasteiger charge is 2.09. The van der Waals surface area contributed by atoms with Gasteiger partial charge in [0.15, 0.2) is 0 Å². The third kappa shape index (κ3) is 2.00. The standard InChI is InChI=1S/C11H14N2O/c1-3-11(14)13(2)10-7-5-4-6-9(10)8-12/h3-7H,1,8,12H2,2H3. The van der Waals surface area contributed by atoms with E-state index in [-0.39, 0.29) is 5.91 Å². The molecular formula is C11H14N2O. The average Bonchev–Trinajstić information content (AvgIpc) is 2.26. The van der Waals surface area contributed by atoms with Gasteiger partial charge in [0, 0.05) is 19.3 Å². The first-order chi connectivity index (χ1) is 6.70. The maximum atomic E-state index is 11.3. The van der Waals surface area contributed by atoms with Crippen LogP contribution in [0.25, 0.3) is 0 Å². The number of hydrogen-bond acceptors (Lipinski definition) is 2. The molecule has 0 aliphatic heterocycles. The molecule has 0 saturated heterocycles. The number of benzene rings is 1. The molecule has 0 radical (unpaired) electrons. The number of carbonyl (C=O) groups is 1. The summed E-state index contributed by atoms with van der Waals surface area (Å²) in [6, 6.07) is 7.55. The molecule has 1 rings (SSSR count). The summed E-state index contributed by atoms with van der Waals surface area (Å²) in [5, 5.41) is 0. The summed E-state index contributed by atoms with van der Waals surface area (Å²) in [4.78, 5) is 12.9. The lowest BCUT2D eigenvalue weighted by molar-refractivity contribution is -0.113. The van der Waals surface area contributed by atoms with Crippen LogP contribution < -0.4 is 10.6 Å². The van der Waals surface area contributed by atoms with Crippen molar-refractivity contribution in [3.8, 4) is 0 Å². The first-order valence-electron chi connectivity index (χ1n) is 4.38. The van der Waals surface area contributed by atoms with Gasteiger partial charge in [-0.05, 0) is 17.7 Å². The lowest BCUT2D eigenvalue weighted by Gasteiger charge is -2.18. The minimum Gasteiger partial charge on any atom is -0.326 e. The number of carbonyl (C=O) groups excluding carboxylic acids is 1. The van der Waals surface area contributed by atoms with Crippen molar-refractivity contribution >= 4 is 11.6 Å². The second-order valence-electron chi connectivity index (χ2n) is 2.93. The van der Waals surface area contributed by atoms with Crippen molar-refractivity contribution in [2.45, 2.75) is 6.54 Å². The molecule has 3 heteroatoms. The SMILES string of the molecule is C=CC(=O)N(C)c1ccccc1CN. The molecule has 3 nitrogen and oxygen atoms in total. The normalized spacial score (nSPS) is 9.57. The van der Waals surface area contributed by atoms with E-state index in [0.29, 0.717) is 6.54 Å². The zero-order chi connectivity index (χ0) is 10.6. The molecular weight excluding hydrogens is 176 g/mol. The number of amides is 1. The lowest BCUT2D eigenvalue weighted by atomic mass is 10.1. The van der Waals surface area contributed by atoms with E-state index in [1.807, 2.05) is 24.3 Å². The van der Waals surface area contributed by atoms with Crippen molar-refractivity contribution in [1.82, 2.24) is 0 Å². The topological polar surface area (TPSA) is 46.3 Å². The summed E-state index contributed by atoms with van der Waals surface area (Å²) in [5.41, 5.74) is 7.35. The number of nitrogens with zero attached hydrogens (tertiary/aromatic N) is 1. The first kappa shape index (κ1) is 10.5. The van der Waals surface area contributed by atoms with Gasteiger partial charge in [-0.15, -0.1) is 0 Å². The maximum absolute atomic E-state index is 11.3. The van der Waals surface area contributed by atoms with Gasteiger partial charge in [0.25, 0.3) is 0 Å². The number of anilines is 1. The van der Waals surface area contributed by atoms with Crippen LogP contribution in [0, 0.1) is 0 Å². The molecule has 14 heavy (non-hydrogen) atoms. The van der Waals surface area contributed by atoms with Gasteiger partial charge in [-0.2, -0.15) is 0 Å². The molecule has 0 unspecified atom stereocenters. The summed E-state index contributed by atoms with van der Waals surface area (Å²) in [6.45, 7) is 3.86. The van der Waals surface area contributed by atoms with Crippen LogP contribution in [0.15, 0.2) is 36.9 Å². The first-order valence-corrected chi connectivity index (χ1v) is 4.38. The van der Waals surface area contributed by atoms with Crippen molar-refractivity contribution in [3.05, 3.63) is 42.5 Å². The van der Waals surface area contributed by atoms with Crippen LogP contribution in [-0.2, 0) is 11.3 Å². The van der Waals surface area contributed by atoms with Crippen molar-refractivity contribution in [3.63, 3.8) is 0 Å². The van der Waals surface area contributed by atoms with E-state index >= 15 is 0 Å². The second-order valence-corrected chi connectivity index (χ2v) is 2.93. The van der Waals surface area contributed by atoms with Gasteiger partial charge in [0.05, 0.1) is 0 Å². The third-order valence-electron chi connectivity index (χ3n) is 2.08. The van der Waals surface area contributed by atoms with Crippen molar-refractivity contribution in [2.24, 2.45) is 5.73 Å². The molecule has 0 saturated carbocycles. The Morgan fingerprint density at radius 1 is 1.57 bits per heavy atom. The Hall–Kier alpha value is -1.61. The molecule has 0 heterocycles. The number of hydrogen-bond donors (Lipinski definition) is 1. The van der Waals surface area contributed by atoms with Crippen LogP contribution in [0.5, 0.6) is 0 Å². The van der Waals surface area contributed by atoms with Gasteiger partial charge >= 0.3 is 0 Å². The van der Waals surface area contributed by atoms with E-state index in [0.717, 1.165) is 11.3 Å². The van der Waals surface area contributed by atoms with Crippen LogP contribution in [0.3, 0.4) is 0 Å². The predicted octanol–water partition coefficient (Wildman–Crippen LogP) is 1.29. The highest BCUT2D eigenvalue weighted by molar-refractivity contribution is 6.01. The lowest BCUT2D eigenvalue weighted by Crippen LogP contribution is -2.25. The summed E-state index contributed by atoms with van der Waals surface area (Å²) in [6.07, 6.45) is 1.29. The van der Waals surface area contributed by atoms with E-state index in [9.17, 15) is 4.79 Å². The fourth-order valence-corrected chi connectivity index (χ4v) is 1.27. The highest BCUT2D eigenvalue weighted by atomic mass is 16.2. The van der Waals surface area contributed by atoms with Gasteiger partial charge in [-0.25, -0.2) is 0 Å². The quantitative estimate of drug-likeness (QED) is 0.730. The molecule has 0 aliphatic rings. The van der Waals surface area contributed by atoms with E-state index in [1.165, 1.54) is 11.0 Å². The molecule has 0 aromatic heterocycles. The molecule has 0 aliphatic carbocycles. The molecule has 1 aromatic rings. The highest BCUT2D eigenvalue weighted by Crippen LogP contribution is 2.18. The maximum Gasteiger partial charge on any atom is 0.250 e. The van der Waals surface area contributed by atoms with Gasteiger partial charge in [0.2, 0.25) is 5.91 Å². The summed E-state index contributed by atoms with van der Waals surface area (Å²) >= 11 is 0. The largest absolute Gasteiger partial charge is 0.326 e. The van der Waals surface area contributed by atoms with E-state index in [4.69, 9.17) is 5.73 Å². The molecule has 1 aromatic carbocycles. The molecule has 0 atom stereocenters. The van der Waals surface area contributed by atoms with Crippen LogP contribution in [0.1, 0.15) is 5.56 Å². The van der Waals surface area contributed by atoms with Crippen molar-refractivity contribution in [2.75, 3.05) is 11.9 Å². The van der Waals surface area contributed by atoms with Crippen molar-refractivity contribution in [1.29, 1.82) is 0 Å². The Morgan fingerprint density at radius 3 is 2.79 bits per heavy atom. The Labute approximate surface area is 83.8 Å². The minimum absolute atomic E-state index is 0.133. The summed E-state index contributed by atoms with van der Waals surface area (Å²) < 4.78 is 0. The minimum atomic E-state index is -0.133. The van der Waals surface area contributed by atoms with Crippen LogP contribution in [-0.4, -0.2) is 13.0 Å². The van der Waals surface area contributed by atoms with Gasteiger partial charge in [0.1, 0.15) is 0 Å². The monoisotopic (exact) mass is 190 g/mol. The smallest absolute Gasteiger partial charge is 0.250 e. The molecule has 0 spiro atoms. The van der Waals surface area contributed by atoms with Crippen LogP contribution >= 0.6 is 0 Å². The number of rotatable bonds is 3. The zero-order valence-corrected chi connectivity index (χ0v) is 8.23. The fraction of sp³-hybridized carbons (Fsp3) is 0.182. The third-order valence-corrected chi connectivity index (χ3v) is 2.08. The molecule has 0 bridgehead atoms. The molecule has 0 fully saturated rings.